The largest absolute Gasteiger partial charge is 0.342 e. The number of rotatable bonds is 6. The molecule has 0 saturated carbocycles. The van der Waals surface area contributed by atoms with Crippen molar-refractivity contribution in [2.45, 2.75) is 25.9 Å². The summed E-state index contributed by atoms with van der Waals surface area (Å²) in [6.07, 6.45) is 1.72. The van der Waals surface area contributed by atoms with Crippen molar-refractivity contribution in [3.05, 3.63) is 64.9 Å². The number of amides is 1. The molecule has 4 nitrogen and oxygen atoms in total. The zero-order valence-corrected chi connectivity index (χ0v) is 14.4. The molecule has 1 amide bonds. The molecule has 122 valence electrons. The highest BCUT2D eigenvalue weighted by molar-refractivity contribution is 6.30. The van der Waals surface area contributed by atoms with Crippen LogP contribution in [0.15, 0.2) is 48.7 Å². The molecule has 0 spiro atoms. The number of aromatic nitrogens is 1. The number of hydrogen-bond donors (Lipinski definition) is 1. The minimum absolute atomic E-state index is 0.0446. The van der Waals surface area contributed by atoms with Gasteiger partial charge in [0.2, 0.25) is 5.91 Å². The Morgan fingerprint density at radius 2 is 2.04 bits per heavy atom. The summed E-state index contributed by atoms with van der Waals surface area (Å²) >= 11 is 6.10. The number of hydrogen-bond acceptors (Lipinski definition) is 3. The zero-order chi connectivity index (χ0) is 16.8. The lowest BCUT2D eigenvalue weighted by Crippen LogP contribution is -2.40. The van der Waals surface area contributed by atoms with Crippen molar-refractivity contribution in [3.8, 4) is 0 Å². The predicted molar refractivity (Wildman–Crippen MR) is 93.4 cm³/mol. The summed E-state index contributed by atoms with van der Waals surface area (Å²) in [7, 11) is 1.93. The number of halogens is 1. The molecule has 1 aromatic heterocycles. The second-order valence-corrected chi connectivity index (χ2v) is 6.26. The van der Waals surface area contributed by atoms with Crippen molar-refractivity contribution in [2.75, 3.05) is 13.6 Å². The summed E-state index contributed by atoms with van der Waals surface area (Å²) < 4.78 is 0. The van der Waals surface area contributed by atoms with Crippen LogP contribution in [0.25, 0.3) is 0 Å². The maximum Gasteiger partial charge on any atom is 0.234 e. The Balaban J connectivity index is 2.23. The van der Waals surface area contributed by atoms with Gasteiger partial charge in [-0.05, 0) is 50.7 Å². The van der Waals surface area contributed by atoms with Crippen molar-refractivity contribution in [1.82, 2.24) is 15.2 Å². The minimum atomic E-state index is -0.317. The standard InChI is InChI=1S/C18H22ClN3O/c1-13(2)22(3)12-17(23)21-18(16-9-4-5-10-20-16)14-7-6-8-15(19)11-14/h4-11,13,18H,12H2,1-3H3,(H,21,23). The van der Waals surface area contributed by atoms with E-state index < -0.39 is 0 Å². The molecule has 5 heteroatoms. The molecule has 0 radical (unpaired) electrons. The third kappa shape index (κ3) is 5.05. The number of nitrogens with one attached hydrogen (secondary N) is 1. The van der Waals surface area contributed by atoms with Gasteiger partial charge in [0, 0.05) is 17.3 Å². The molecule has 0 saturated heterocycles. The van der Waals surface area contributed by atoms with E-state index in [0.29, 0.717) is 17.6 Å². The van der Waals surface area contributed by atoms with Crippen LogP contribution in [0.5, 0.6) is 0 Å². The zero-order valence-electron chi connectivity index (χ0n) is 13.7. The maximum atomic E-state index is 12.4. The second kappa shape index (κ2) is 8.09. The summed E-state index contributed by atoms with van der Waals surface area (Å²) in [5.41, 5.74) is 1.70. The number of benzene rings is 1. The van der Waals surface area contributed by atoms with Crippen molar-refractivity contribution < 1.29 is 4.79 Å². The molecule has 0 aliphatic carbocycles. The van der Waals surface area contributed by atoms with Gasteiger partial charge in [-0.1, -0.05) is 29.8 Å². The van der Waals surface area contributed by atoms with Gasteiger partial charge in [0.15, 0.2) is 0 Å². The van der Waals surface area contributed by atoms with Crippen LogP contribution in [0.3, 0.4) is 0 Å². The third-order valence-electron chi connectivity index (χ3n) is 3.75. The van der Waals surface area contributed by atoms with E-state index in [1.54, 1.807) is 6.20 Å². The molecule has 0 fully saturated rings. The van der Waals surface area contributed by atoms with Gasteiger partial charge < -0.3 is 5.32 Å². The average molecular weight is 332 g/mol. The lowest BCUT2D eigenvalue weighted by atomic mass is 10.0. The number of nitrogens with zero attached hydrogens (tertiary/aromatic N) is 2. The molecule has 1 heterocycles. The van der Waals surface area contributed by atoms with Crippen LogP contribution in [-0.4, -0.2) is 35.4 Å². The third-order valence-corrected chi connectivity index (χ3v) is 3.98. The van der Waals surface area contributed by atoms with Gasteiger partial charge in [0.05, 0.1) is 18.3 Å². The lowest BCUT2D eigenvalue weighted by molar-refractivity contribution is -0.122. The molecule has 2 aromatic rings. The van der Waals surface area contributed by atoms with Gasteiger partial charge in [0.1, 0.15) is 0 Å². The first-order valence-electron chi connectivity index (χ1n) is 7.63. The molecule has 1 N–H and O–H groups in total. The Labute approximate surface area is 142 Å². The monoisotopic (exact) mass is 331 g/mol. The first kappa shape index (κ1) is 17.4. The molecule has 2 rings (SSSR count). The van der Waals surface area contributed by atoms with Gasteiger partial charge >= 0.3 is 0 Å². The van der Waals surface area contributed by atoms with Crippen LogP contribution in [0.4, 0.5) is 0 Å². The Bertz CT molecular complexity index is 646. The van der Waals surface area contributed by atoms with Crippen LogP contribution < -0.4 is 5.32 Å². The highest BCUT2D eigenvalue weighted by Gasteiger charge is 2.19. The lowest BCUT2D eigenvalue weighted by Gasteiger charge is -2.23. The van der Waals surface area contributed by atoms with Crippen LogP contribution in [-0.2, 0) is 4.79 Å². The Morgan fingerprint density at radius 1 is 1.26 bits per heavy atom. The Hall–Kier alpha value is -1.91. The molecular weight excluding hydrogens is 310 g/mol. The maximum absolute atomic E-state index is 12.4. The molecule has 0 aliphatic rings. The van der Waals surface area contributed by atoms with Crippen LogP contribution in [0, 0.1) is 0 Å². The van der Waals surface area contributed by atoms with E-state index >= 15 is 0 Å². The Morgan fingerprint density at radius 3 is 2.65 bits per heavy atom. The van der Waals surface area contributed by atoms with Crippen molar-refractivity contribution >= 4 is 17.5 Å². The predicted octanol–water partition coefficient (Wildman–Crippen LogP) is 3.28. The number of carbonyl (C=O) groups is 1. The van der Waals surface area contributed by atoms with E-state index in [-0.39, 0.29) is 11.9 Å². The van der Waals surface area contributed by atoms with Gasteiger partial charge in [-0.25, -0.2) is 0 Å². The molecule has 1 unspecified atom stereocenters. The van der Waals surface area contributed by atoms with Gasteiger partial charge in [-0.2, -0.15) is 0 Å². The highest BCUT2D eigenvalue weighted by Crippen LogP contribution is 2.23. The summed E-state index contributed by atoms with van der Waals surface area (Å²) in [6.45, 7) is 4.45. The quantitative estimate of drug-likeness (QED) is 0.883. The fourth-order valence-corrected chi connectivity index (χ4v) is 2.38. The van der Waals surface area contributed by atoms with Crippen molar-refractivity contribution in [1.29, 1.82) is 0 Å². The molecule has 1 atom stereocenters. The van der Waals surface area contributed by atoms with Crippen LogP contribution >= 0.6 is 11.6 Å². The topological polar surface area (TPSA) is 45.2 Å². The molecule has 0 bridgehead atoms. The van der Waals surface area contributed by atoms with E-state index in [9.17, 15) is 4.79 Å². The second-order valence-electron chi connectivity index (χ2n) is 5.82. The first-order chi connectivity index (χ1) is 11.0. The highest BCUT2D eigenvalue weighted by atomic mass is 35.5. The summed E-state index contributed by atoms with van der Waals surface area (Å²) in [6, 6.07) is 13.1. The van der Waals surface area contributed by atoms with Gasteiger partial charge in [0.25, 0.3) is 0 Å². The number of pyridine rings is 1. The molecular formula is C18H22ClN3O. The van der Waals surface area contributed by atoms with Gasteiger partial charge in [-0.3, -0.25) is 14.7 Å². The fraction of sp³-hybridized carbons (Fsp3) is 0.333. The fourth-order valence-electron chi connectivity index (χ4n) is 2.18. The summed E-state index contributed by atoms with van der Waals surface area (Å²) in [4.78, 5) is 18.8. The molecule has 1 aromatic carbocycles. The van der Waals surface area contributed by atoms with E-state index in [0.717, 1.165) is 11.3 Å². The Kier molecular flexibility index (Phi) is 6.13. The smallest absolute Gasteiger partial charge is 0.234 e. The molecule has 0 aliphatic heterocycles. The summed E-state index contributed by atoms with van der Waals surface area (Å²) in [5, 5.41) is 3.70. The van der Waals surface area contributed by atoms with E-state index in [2.05, 4.69) is 24.1 Å². The average Bonchev–Trinajstić information content (AvgIpc) is 2.53. The van der Waals surface area contributed by atoms with Gasteiger partial charge in [-0.15, -0.1) is 0 Å². The SMILES string of the molecule is CC(C)N(C)CC(=O)NC(c1cccc(Cl)c1)c1ccccn1. The van der Waals surface area contributed by atoms with Crippen molar-refractivity contribution in [3.63, 3.8) is 0 Å². The van der Waals surface area contributed by atoms with Crippen LogP contribution in [0.1, 0.15) is 31.1 Å². The first-order valence-corrected chi connectivity index (χ1v) is 8.01. The minimum Gasteiger partial charge on any atom is -0.342 e. The van der Waals surface area contributed by atoms with E-state index in [4.69, 9.17) is 11.6 Å². The van der Waals surface area contributed by atoms with Crippen LogP contribution in [0.2, 0.25) is 5.02 Å². The summed E-state index contributed by atoms with van der Waals surface area (Å²) in [5.74, 6) is -0.0446. The number of likely N-dealkylation sites (N-methyl/N-ethyl adjacent to an activating group) is 1. The normalized spacial score (nSPS) is 12.4. The van der Waals surface area contributed by atoms with Crippen molar-refractivity contribution in [2.24, 2.45) is 0 Å². The van der Waals surface area contributed by atoms with E-state index in [1.807, 2.05) is 54.4 Å². The number of carbonyl (C=O) groups excluding carboxylic acids is 1. The van der Waals surface area contributed by atoms with E-state index in [1.165, 1.54) is 0 Å². The molecule has 23 heavy (non-hydrogen) atoms.